The molecule has 0 spiro atoms. The quantitative estimate of drug-likeness (QED) is 0.719. The second kappa shape index (κ2) is 8.14. The largest absolute Gasteiger partial charge is 0.347 e. The average Bonchev–Trinajstić information content (AvgIpc) is 3.16. The van der Waals surface area contributed by atoms with Crippen LogP contribution in [-0.2, 0) is 6.54 Å². The Morgan fingerprint density at radius 2 is 1.78 bits per heavy atom. The summed E-state index contributed by atoms with van der Waals surface area (Å²) in [7, 11) is 3.40. The summed E-state index contributed by atoms with van der Waals surface area (Å²) in [5, 5.41) is 2.87. The van der Waals surface area contributed by atoms with Gasteiger partial charge in [0.15, 0.2) is 0 Å². The van der Waals surface area contributed by atoms with Gasteiger partial charge >= 0.3 is 0 Å². The molecule has 0 fully saturated rings. The number of halogens is 1. The second-order valence-corrected chi connectivity index (χ2v) is 7.34. The summed E-state index contributed by atoms with van der Waals surface area (Å²) in [6, 6.07) is 17.0. The van der Waals surface area contributed by atoms with Gasteiger partial charge in [0, 0.05) is 31.1 Å². The maximum Gasteiger partial charge on any atom is 0.261 e. The lowest BCUT2D eigenvalue weighted by atomic mass is 10.1. The lowest BCUT2D eigenvalue weighted by Crippen LogP contribution is -2.23. The molecule has 0 unspecified atom stereocenters. The molecule has 0 aliphatic rings. The van der Waals surface area contributed by atoms with E-state index in [1.165, 1.54) is 28.4 Å². The van der Waals surface area contributed by atoms with E-state index in [1.807, 2.05) is 12.1 Å². The molecule has 2 amide bonds. The molecule has 1 heterocycles. The van der Waals surface area contributed by atoms with Gasteiger partial charge in [0.2, 0.25) is 0 Å². The first-order chi connectivity index (χ1) is 12.9. The number of nitrogens with one attached hydrogen (secondary N) is 1. The van der Waals surface area contributed by atoms with E-state index >= 15 is 0 Å². The van der Waals surface area contributed by atoms with Gasteiger partial charge in [0.1, 0.15) is 5.82 Å². The van der Waals surface area contributed by atoms with Crippen LogP contribution in [0.25, 0.3) is 10.4 Å². The summed E-state index contributed by atoms with van der Waals surface area (Å²) in [4.78, 5) is 27.4. The standard InChI is InChI=1S/C21H19FN2O2S/c1-24(2)21(26)16-5-3-4-14(12-16)13-23-20(25)19-11-10-18(27-19)15-6-8-17(22)9-7-15/h3-12H,13H2,1-2H3,(H,23,25). The van der Waals surface area contributed by atoms with Gasteiger partial charge in [-0.25, -0.2) is 4.39 Å². The molecule has 1 N–H and O–H groups in total. The number of carbonyl (C=O) groups excluding carboxylic acids is 2. The third-order valence-corrected chi connectivity index (χ3v) is 5.12. The molecule has 0 radical (unpaired) electrons. The molecule has 0 aliphatic carbocycles. The molecular weight excluding hydrogens is 363 g/mol. The van der Waals surface area contributed by atoms with Crippen LogP contribution in [0.1, 0.15) is 25.6 Å². The lowest BCUT2D eigenvalue weighted by molar-refractivity contribution is 0.0827. The molecule has 0 saturated heterocycles. The van der Waals surface area contributed by atoms with Crippen molar-refractivity contribution in [3.05, 3.63) is 82.5 Å². The van der Waals surface area contributed by atoms with Gasteiger partial charge in [0.05, 0.1) is 4.88 Å². The lowest BCUT2D eigenvalue weighted by Gasteiger charge is -2.11. The monoisotopic (exact) mass is 382 g/mol. The highest BCUT2D eigenvalue weighted by molar-refractivity contribution is 7.17. The fraction of sp³-hybridized carbons (Fsp3) is 0.143. The van der Waals surface area contributed by atoms with E-state index < -0.39 is 0 Å². The minimum absolute atomic E-state index is 0.0784. The van der Waals surface area contributed by atoms with Crippen molar-refractivity contribution < 1.29 is 14.0 Å². The van der Waals surface area contributed by atoms with E-state index in [9.17, 15) is 14.0 Å². The van der Waals surface area contributed by atoms with Gasteiger partial charge in [-0.3, -0.25) is 9.59 Å². The highest BCUT2D eigenvalue weighted by Crippen LogP contribution is 2.28. The smallest absolute Gasteiger partial charge is 0.261 e. The molecule has 0 aliphatic heterocycles. The summed E-state index contributed by atoms with van der Waals surface area (Å²) >= 11 is 1.35. The van der Waals surface area contributed by atoms with Gasteiger partial charge in [-0.2, -0.15) is 0 Å². The molecule has 3 aromatic rings. The molecular formula is C21H19FN2O2S. The number of benzene rings is 2. The molecule has 1 aromatic heterocycles. The Kier molecular flexibility index (Phi) is 5.66. The van der Waals surface area contributed by atoms with Crippen LogP contribution < -0.4 is 5.32 Å². The van der Waals surface area contributed by atoms with Crippen LogP contribution in [0.3, 0.4) is 0 Å². The molecule has 0 saturated carbocycles. The van der Waals surface area contributed by atoms with Crippen LogP contribution in [0.2, 0.25) is 0 Å². The van der Waals surface area contributed by atoms with Crippen LogP contribution in [0, 0.1) is 5.82 Å². The first-order valence-corrected chi connectivity index (χ1v) is 9.20. The number of thiophene rings is 1. The third-order valence-electron chi connectivity index (χ3n) is 3.99. The number of nitrogens with zero attached hydrogens (tertiary/aromatic N) is 1. The van der Waals surface area contributed by atoms with Gasteiger partial charge in [0.25, 0.3) is 11.8 Å². The molecule has 138 valence electrons. The Morgan fingerprint density at radius 1 is 1.04 bits per heavy atom. The number of amides is 2. The predicted octanol–water partition coefficient (Wildman–Crippen LogP) is 4.19. The summed E-state index contributed by atoms with van der Waals surface area (Å²) in [5.74, 6) is -0.550. The molecule has 6 heteroatoms. The minimum Gasteiger partial charge on any atom is -0.347 e. The van der Waals surface area contributed by atoms with E-state index in [0.29, 0.717) is 17.0 Å². The normalized spacial score (nSPS) is 10.5. The molecule has 2 aromatic carbocycles. The number of carbonyl (C=O) groups is 2. The first kappa shape index (κ1) is 18.8. The van der Waals surface area contributed by atoms with Crippen molar-refractivity contribution in [2.75, 3.05) is 14.1 Å². The maximum absolute atomic E-state index is 13.0. The highest BCUT2D eigenvalue weighted by atomic mass is 32.1. The van der Waals surface area contributed by atoms with Crippen molar-refractivity contribution in [1.82, 2.24) is 10.2 Å². The zero-order chi connectivity index (χ0) is 19.4. The summed E-state index contributed by atoms with van der Waals surface area (Å²) < 4.78 is 13.0. The Bertz CT molecular complexity index is 964. The number of hydrogen-bond acceptors (Lipinski definition) is 3. The van der Waals surface area contributed by atoms with Crippen LogP contribution in [0.15, 0.2) is 60.7 Å². The average molecular weight is 382 g/mol. The van der Waals surface area contributed by atoms with Crippen molar-refractivity contribution in [1.29, 1.82) is 0 Å². The highest BCUT2D eigenvalue weighted by Gasteiger charge is 2.12. The summed E-state index contributed by atoms with van der Waals surface area (Å²) in [5.41, 5.74) is 2.31. The van der Waals surface area contributed by atoms with E-state index in [1.54, 1.807) is 50.5 Å². The second-order valence-electron chi connectivity index (χ2n) is 6.25. The zero-order valence-corrected chi connectivity index (χ0v) is 15.8. The van der Waals surface area contributed by atoms with Crippen LogP contribution in [0.4, 0.5) is 4.39 Å². The van der Waals surface area contributed by atoms with E-state index in [2.05, 4.69) is 5.32 Å². The zero-order valence-electron chi connectivity index (χ0n) is 15.0. The van der Waals surface area contributed by atoms with Gasteiger partial charge in [-0.15, -0.1) is 11.3 Å². The number of rotatable bonds is 5. The molecule has 27 heavy (non-hydrogen) atoms. The van der Waals surface area contributed by atoms with E-state index in [0.717, 1.165) is 16.0 Å². The summed E-state index contributed by atoms with van der Waals surface area (Å²) in [6.07, 6.45) is 0. The van der Waals surface area contributed by atoms with Crippen molar-refractivity contribution in [3.63, 3.8) is 0 Å². The first-order valence-electron chi connectivity index (χ1n) is 8.38. The maximum atomic E-state index is 13.0. The Balaban J connectivity index is 1.66. The van der Waals surface area contributed by atoms with Crippen molar-refractivity contribution >= 4 is 23.2 Å². The Morgan fingerprint density at radius 3 is 2.48 bits per heavy atom. The van der Waals surface area contributed by atoms with Crippen LogP contribution in [-0.4, -0.2) is 30.8 Å². The van der Waals surface area contributed by atoms with E-state index in [4.69, 9.17) is 0 Å². The Hall–Kier alpha value is -2.99. The minimum atomic E-state index is -0.289. The van der Waals surface area contributed by atoms with E-state index in [-0.39, 0.29) is 17.6 Å². The molecule has 4 nitrogen and oxygen atoms in total. The SMILES string of the molecule is CN(C)C(=O)c1cccc(CNC(=O)c2ccc(-c3ccc(F)cc3)s2)c1. The topological polar surface area (TPSA) is 49.4 Å². The summed E-state index contributed by atoms with van der Waals surface area (Å²) in [6.45, 7) is 0.331. The third kappa shape index (κ3) is 4.60. The molecule has 3 rings (SSSR count). The van der Waals surface area contributed by atoms with Crippen LogP contribution in [0.5, 0.6) is 0 Å². The van der Waals surface area contributed by atoms with Gasteiger partial charge in [-0.05, 0) is 47.5 Å². The fourth-order valence-electron chi connectivity index (χ4n) is 2.57. The van der Waals surface area contributed by atoms with Crippen molar-refractivity contribution in [2.45, 2.75) is 6.54 Å². The van der Waals surface area contributed by atoms with Gasteiger partial charge < -0.3 is 10.2 Å². The predicted molar refractivity (Wildman–Crippen MR) is 105 cm³/mol. The van der Waals surface area contributed by atoms with Crippen molar-refractivity contribution in [3.8, 4) is 10.4 Å². The number of hydrogen-bond donors (Lipinski definition) is 1. The molecule has 0 bridgehead atoms. The Labute approximate surface area is 161 Å². The van der Waals surface area contributed by atoms with Crippen LogP contribution >= 0.6 is 11.3 Å². The fourth-order valence-corrected chi connectivity index (χ4v) is 3.50. The van der Waals surface area contributed by atoms with Gasteiger partial charge in [-0.1, -0.05) is 24.3 Å². The molecule has 0 atom stereocenters. The van der Waals surface area contributed by atoms with Crippen molar-refractivity contribution in [2.24, 2.45) is 0 Å².